The van der Waals surface area contributed by atoms with Crippen LogP contribution in [0.2, 0.25) is 0 Å². The second-order valence-electron chi connectivity index (χ2n) is 2.41. The van der Waals surface area contributed by atoms with E-state index < -0.39 is 0 Å². The Morgan fingerprint density at radius 2 is 2.25 bits per heavy atom. The van der Waals surface area contributed by atoms with E-state index in [0.717, 1.165) is 11.2 Å². The van der Waals surface area contributed by atoms with Crippen molar-refractivity contribution < 1.29 is 0 Å². The summed E-state index contributed by atoms with van der Waals surface area (Å²) in [6.45, 7) is 0. The fourth-order valence-corrected chi connectivity index (χ4v) is 1.50. The summed E-state index contributed by atoms with van der Waals surface area (Å²) >= 11 is 2.79. The number of nitrogens with two attached hydrogens (primary N) is 1. The van der Waals surface area contributed by atoms with Crippen LogP contribution in [0.25, 0.3) is 11.2 Å². The Balaban J connectivity index is 2.92. The van der Waals surface area contributed by atoms with Crippen LogP contribution in [0.5, 0.6) is 0 Å². The van der Waals surface area contributed by atoms with Crippen molar-refractivity contribution in [2.75, 3.05) is 5.73 Å². The van der Waals surface area contributed by atoms with Crippen molar-refractivity contribution in [2.24, 2.45) is 7.05 Å². The van der Waals surface area contributed by atoms with Crippen LogP contribution in [0, 0.1) is 0 Å². The van der Waals surface area contributed by atoms with Crippen LogP contribution >= 0.6 is 0 Å². The summed E-state index contributed by atoms with van der Waals surface area (Å²) in [4.78, 5) is 12.1. The van der Waals surface area contributed by atoms with Gasteiger partial charge in [-0.05, 0) is 0 Å². The number of nitrogens with zero attached hydrogens (tertiary/aromatic N) is 4. The van der Waals surface area contributed by atoms with E-state index in [-0.39, 0.29) is 5.95 Å². The molecule has 0 fully saturated rings. The number of nitrogen functional groups attached to an aromatic ring is 1. The molecular weight excluding hydrogens is 221 g/mol. The molecule has 1 radical (unpaired) electrons. The first kappa shape index (κ1) is 7.52. The van der Waals surface area contributed by atoms with Gasteiger partial charge in [0.1, 0.15) is 0 Å². The maximum absolute atomic E-state index is 5.47. The molecule has 2 aromatic heterocycles. The van der Waals surface area contributed by atoms with E-state index in [1.165, 1.54) is 0 Å². The van der Waals surface area contributed by atoms with Crippen molar-refractivity contribution in [3.63, 3.8) is 0 Å². The molecule has 0 aliphatic heterocycles. The average Bonchev–Trinajstić information content (AvgIpc) is 2.33. The third kappa shape index (κ3) is 0.964. The van der Waals surface area contributed by atoms with Gasteiger partial charge < -0.3 is 0 Å². The van der Waals surface area contributed by atoms with Crippen LogP contribution in [0.15, 0.2) is 6.33 Å². The predicted octanol–water partition coefficient (Wildman–Crippen LogP) is -1.26. The van der Waals surface area contributed by atoms with E-state index in [2.05, 4.69) is 31.0 Å². The third-order valence-electron chi connectivity index (χ3n) is 1.55. The quantitative estimate of drug-likeness (QED) is 0.570. The number of aryl methyl sites for hydroxylation is 1. The minimum absolute atomic E-state index is 0.264. The normalized spacial score (nSPS) is 10.8. The van der Waals surface area contributed by atoms with Crippen LogP contribution in [-0.2, 0) is 7.05 Å². The molecule has 0 atom stereocenters. The van der Waals surface area contributed by atoms with Gasteiger partial charge in [0.05, 0.1) is 0 Å². The first-order chi connectivity index (χ1) is 5.68. The number of rotatable bonds is 0. The third-order valence-corrected chi connectivity index (χ3v) is 2.14. The molecule has 0 saturated carbocycles. The second-order valence-corrected chi connectivity index (χ2v) is 3.23. The van der Waals surface area contributed by atoms with E-state index in [9.17, 15) is 0 Å². The Labute approximate surface area is 76.8 Å². The summed E-state index contributed by atoms with van der Waals surface area (Å²) in [5.74, 6) is 0.264. The molecule has 2 N–H and O–H groups in total. The molecule has 2 heterocycles. The number of hydrogen-bond acceptors (Lipinski definition) is 4. The number of imidazole rings is 1. The van der Waals surface area contributed by atoms with E-state index in [0.29, 0.717) is 4.59 Å². The monoisotopic (exact) mass is 228 g/mol. The first-order valence-corrected chi connectivity index (χ1v) is 4.15. The number of fused-ring (bicyclic) bond motifs is 1. The fourth-order valence-electron chi connectivity index (χ4n) is 0.997. The molecule has 0 amide bonds. The summed E-state index contributed by atoms with van der Waals surface area (Å²) in [5.41, 5.74) is 6.97. The van der Waals surface area contributed by atoms with Gasteiger partial charge in [0, 0.05) is 0 Å². The molecule has 2 aromatic rings. The van der Waals surface area contributed by atoms with E-state index in [1.807, 2.05) is 7.05 Å². The molecule has 5 nitrogen and oxygen atoms in total. The maximum atomic E-state index is 5.47. The molecule has 61 valence electrons. The Bertz CT molecular complexity index is 435. The van der Waals surface area contributed by atoms with Gasteiger partial charge in [-0.25, -0.2) is 0 Å². The van der Waals surface area contributed by atoms with Gasteiger partial charge in [0.2, 0.25) is 0 Å². The zero-order valence-electron chi connectivity index (χ0n) is 6.35. The van der Waals surface area contributed by atoms with Crippen LogP contribution in [0.1, 0.15) is 0 Å². The van der Waals surface area contributed by atoms with Crippen LogP contribution < -0.4 is 10.3 Å². The Morgan fingerprint density at radius 3 is 3.00 bits per heavy atom. The molecule has 12 heavy (non-hydrogen) atoms. The van der Waals surface area contributed by atoms with Gasteiger partial charge in [-0.3, -0.25) is 0 Å². The van der Waals surface area contributed by atoms with Crippen LogP contribution in [0.3, 0.4) is 0 Å². The first-order valence-electron chi connectivity index (χ1n) is 3.30. The molecular formula is C6H6N5Se. The second kappa shape index (κ2) is 2.43. The molecule has 0 unspecified atom stereocenters. The van der Waals surface area contributed by atoms with Crippen LogP contribution in [0.4, 0.5) is 5.95 Å². The van der Waals surface area contributed by atoms with Gasteiger partial charge >= 0.3 is 76.3 Å². The van der Waals surface area contributed by atoms with Gasteiger partial charge in [-0.2, -0.15) is 0 Å². The van der Waals surface area contributed by atoms with Crippen molar-refractivity contribution in [2.45, 2.75) is 0 Å². The van der Waals surface area contributed by atoms with Gasteiger partial charge in [-0.15, -0.1) is 0 Å². The zero-order chi connectivity index (χ0) is 8.72. The van der Waals surface area contributed by atoms with E-state index >= 15 is 0 Å². The fraction of sp³-hybridized carbons (Fsp3) is 0.167. The average molecular weight is 227 g/mol. The molecule has 0 aromatic carbocycles. The Morgan fingerprint density at radius 1 is 1.50 bits per heavy atom. The SMILES string of the molecule is Cn1cnc2c([Se])nc(N)nc21. The van der Waals surface area contributed by atoms with Crippen molar-refractivity contribution in [1.29, 1.82) is 0 Å². The summed E-state index contributed by atoms with van der Waals surface area (Å²) < 4.78 is 2.49. The molecule has 0 spiro atoms. The number of aromatic nitrogens is 4. The molecule has 6 heteroatoms. The Kier molecular flexibility index (Phi) is 1.52. The molecule has 2 rings (SSSR count). The molecule has 0 aliphatic carbocycles. The summed E-state index contributed by atoms with van der Waals surface area (Å²) in [5, 5.41) is 0. The zero-order valence-corrected chi connectivity index (χ0v) is 8.06. The number of anilines is 1. The van der Waals surface area contributed by atoms with Gasteiger partial charge in [-0.1, -0.05) is 0 Å². The predicted molar refractivity (Wildman–Crippen MR) is 46.1 cm³/mol. The minimum atomic E-state index is 0.264. The summed E-state index contributed by atoms with van der Waals surface area (Å²) in [6.07, 6.45) is 1.68. The topological polar surface area (TPSA) is 69.6 Å². The standard InChI is InChI=1S/C6H6N5Se/c1-11-2-8-3-4(11)9-6(7)10-5(3)12/h2H,1H3,(H2,7,9,10). The van der Waals surface area contributed by atoms with E-state index in [4.69, 9.17) is 5.73 Å². The van der Waals surface area contributed by atoms with Crippen molar-refractivity contribution in [3.8, 4) is 0 Å². The summed E-state index contributed by atoms with van der Waals surface area (Å²) in [7, 11) is 1.86. The van der Waals surface area contributed by atoms with Gasteiger partial charge in [0.15, 0.2) is 0 Å². The molecule has 0 bridgehead atoms. The molecule has 0 aliphatic rings. The van der Waals surface area contributed by atoms with Crippen molar-refractivity contribution in [3.05, 3.63) is 6.33 Å². The van der Waals surface area contributed by atoms with E-state index in [1.54, 1.807) is 10.9 Å². The van der Waals surface area contributed by atoms with Crippen molar-refractivity contribution in [1.82, 2.24) is 19.5 Å². The van der Waals surface area contributed by atoms with Crippen molar-refractivity contribution >= 4 is 37.7 Å². The summed E-state index contributed by atoms with van der Waals surface area (Å²) in [6, 6.07) is 0. The Hall–Kier alpha value is -1.13. The van der Waals surface area contributed by atoms with Crippen LogP contribution in [-0.4, -0.2) is 35.5 Å². The number of hydrogen-bond donors (Lipinski definition) is 1. The van der Waals surface area contributed by atoms with Gasteiger partial charge in [0.25, 0.3) is 0 Å². The molecule has 0 saturated heterocycles.